The Balaban J connectivity index is 1.80. The van der Waals surface area contributed by atoms with Crippen molar-refractivity contribution in [2.75, 3.05) is 13.2 Å². The van der Waals surface area contributed by atoms with Gasteiger partial charge in [-0.05, 0) is 12.1 Å². The molecule has 2 saturated heterocycles. The summed E-state index contributed by atoms with van der Waals surface area (Å²) >= 11 is 0. The van der Waals surface area contributed by atoms with Crippen molar-refractivity contribution < 1.29 is 54.4 Å². The minimum atomic E-state index is -1.68. The van der Waals surface area contributed by atoms with Crippen molar-refractivity contribution in [1.29, 1.82) is 0 Å². The summed E-state index contributed by atoms with van der Waals surface area (Å²) in [6.07, 6.45) is -12.0. The fourth-order valence-electron chi connectivity index (χ4n) is 3.99. The van der Waals surface area contributed by atoms with E-state index in [4.69, 9.17) is 14.2 Å². The summed E-state index contributed by atoms with van der Waals surface area (Å²) in [6.45, 7) is -0.227. The Hall–Kier alpha value is -2.20. The van der Waals surface area contributed by atoms with Gasteiger partial charge in [-0.2, -0.15) is 0 Å². The lowest BCUT2D eigenvalue weighted by atomic mass is 9.94. The zero-order valence-electron chi connectivity index (χ0n) is 18.3. The van der Waals surface area contributed by atoms with Gasteiger partial charge >= 0.3 is 0 Å². The van der Waals surface area contributed by atoms with Gasteiger partial charge in [0.05, 0.1) is 19.3 Å². The molecule has 0 aliphatic carbocycles. The van der Waals surface area contributed by atoms with Crippen LogP contribution in [0.2, 0.25) is 0 Å². The molecule has 3 rings (SSSR count). The van der Waals surface area contributed by atoms with Gasteiger partial charge in [0.1, 0.15) is 42.7 Å². The van der Waals surface area contributed by atoms with Gasteiger partial charge in [0.25, 0.3) is 5.91 Å². The third kappa shape index (κ3) is 5.71. The van der Waals surface area contributed by atoms with E-state index < -0.39 is 86.3 Å². The van der Waals surface area contributed by atoms with Gasteiger partial charge in [0.15, 0.2) is 12.6 Å². The minimum Gasteiger partial charge on any atom is -0.394 e. The third-order valence-electron chi connectivity index (χ3n) is 5.75. The first-order chi connectivity index (χ1) is 16.2. The molecule has 190 valence electrons. The lowest BCUT2D eigenvalue weighted by molar-refractivity contribution is -0.334. The topological polar surface area (TPSA) is 207 Å². The average Bonchev–Trinajstić information content (AvgIpc) is 2.82. The molecule has 2 aliphatic rings. The smallest absolute Gasteiger partial charge is 0.251 e. The lowest BCUT2D eigenvalue weighted by Crippen LogP contribution is -2.68. The van der Waals surface area contributed by atoms with Crippen LogP contribution in [0.4, 0.5) is 0 Å². The highest BCUT2D eigenvalue weighted by molar-refractivity contribution is 5.94. The predicted octanol–water partition coefficient (Wildman–Crippen LogP) is -3.82. The van der Waals surface area contributed by atoms with Crippen LogP contribution in [0.5, 0.6) is 0 Å². The molecule has 0 bridgehead atoms. The maximum Gasteiger partial charge on any atom is 0.251 e. The summed E-state index contributed by atoms with van der Waals surface area (Å²) in [5.41, 5.74) is 0.259. The summed E-state index contributed by atoms with van der Waals surface area (Å²) in [4.78, 5) is 24.0. The second kappa shape index (κ2) is 11.5. The zero-order valence-corrected chi connectivity index (χ0v) is 18.3. The maximum atomic E-state index is 12.6. The minimum absolute atomic E-state index is 0.259. The van der Waals surface area contributed by atoms with Crippen LogP contribution in [0.1, 0.15) is 17.3 Å². The van der Waals surface area contributed by atoms with Crippen molar-refractivity contribution in [2.45, 2.75) is 68.2 Å². The molecule has 34 heavy (non-hydrogen) atoms. The molecule has 2 heterocycles. The van der Waals surface area contributed by atoms with Crippen molar-refractivity contribution in [3.05, 3.63) is 35.9 Å². The molecule has 0 saturated carbocycles. The Kier molecular flexibility index (Phi) is 8.92. The second-order valence-electron chi connectivity index (χ2n) is 8.14. The first-order valence-electron chi connectivity index (χ1n) is 10.7. The largest absolute Gasteiger partial charge is 0.394 e. The van der Waals surface area contributed by atoms with Crippen LogP contribution in [-0.2, 0) is 19.0 Å². The van der Waals surface area contributed by atoms with E-state index in [9.17, 15) is 40.2 Å². The number of carbonyl (C=O) groups is 2. The molecule has 0 aromatic heterocycles. The fourth-order valence-corrected chi connectivity index (χ4v) is 3.99. The van der Waals surface area contributed by atoms with Crippen LogP contribution in [0.25, 0.3) is 0 Å². The normalized spacial score (nSPS) is 38.2. The SMILES string of the molecule is CC(=O)N[C@H]1C(O)O[C@H](CO)[C@@H](O[C@@H]2O[C@H](CO)[C@H](O)[C@H](NC(=O)c3ccccc3)[C@H]2O)[C@@H]1O. The zero-order chi connectivity index (χ0) is 25.0. The van der Waals surface area contributed by atoms with Gasteiger partial charge in [-0.3, -0.25) is 9.59 Å². The Labute approximate surface area is 194 Å². The van der Waals surface area contributed by atoms with Crippen molar-refractivity contribution in [3.63, 3.8) is 0 Å². The number of aliphatic hydroxyl groups is 6. The molecule has 1 aromatic rings. The van der Waals surface area contributed by atoms with Gasteiger partial charge < -0.3 is 55.5 Å². The molecule has 2 amide bonds. The first kappa shape index (κ1) is 26.4. The van der Waals surface area contributed by atoms with E-state index in [1.807, 2.05) is 0 Å². The predicted molar refractivity (Wildman–Crippen MR) is 112 cm³/mol. The molecule has 0 spiro atoms. The van der Waals surface area contributed by atoms with Crippen molar-refractivity contribution in [3.8, 4) is 0 Å². The molecule has 2 aliphatic heterocycles. The van der Waals surface area contributed by atoms with E-state index in [1.165, 1.54) is 12.1 Å². The van der Waals surface area contributed by atoms with Crippen LogP contribution in [0.3, 0.4) is 0 Å². The number of nitrogens with one attached hydrogen (secondary N) is 2. The van der Waals surface area contributed by atoms with Crippen LogP contribution in [-0.4, -0.2) is 117 Å². The number of hydrogen-bond donors (Lipinski definition) is 8. The summed E-state index contributed by atoms with van der Waals surface area (Å²) in [5, 5.41) is 66.2. The van der Waals surface area contributed by atoms with E-state index in [0.29, 0.717) is 0 Å². The van der Waals surface area contributed by atoms with Gasteiger partial charge in [0, 0.05) is 12.5 Å². The molecular weight excluding hydrogens is 456 g/mol. The fraction of sp³-hybridized carbons (Fsp3) is 0.619. The highest BCUT2D eigenvalue weighted by Crippen LogP contribution is 2.29. The van der Waals surface area contributed by atoms with Crippen molar-refractivity contribution in [2.24, 2.45) is 0 Å². The second-order valence-corrected chi connectivity index (χ2v) is 8.14. The monoisotopic (exact) mass is 486 g/mol. The maximum absolute atomic E-state index is 12.6. The number of ether oxygens (including phenoxy) is 3. The molecule has 13 heteroatoms. The molecule has 2 fully saturated rings. The molecule has 1 aromatic carbocycles. The molecular formula is C21H30N2O11. The number of rotatable bonds is 7. The van der Waals surface area contributed by atoms with Crippen LogP contribution < -0.4 is 10.6 Å². The summed E-state index contributed by atoms with van der Waals surface area (Å²) in [7, 11) is 0. The number of benzene rings is 1. The molecule has 0 radical (unpaired) electrons. The van der Waals surface area contributed by atoms with E-state index in [1.54, 1.807) is 18.2 Å². The van der Waals surface area contributed by atoms with Crippen molar-refractivity contribution >= 4 is 11.8 Å². The van der Waals surface area contributed by atoms with Crippen LogP contribution >= 0.6 is 0 Å². The molecule has 8 N–H and O–H groups in total. The highest BCUT2D eigenvalue weighted by Gasteiger charge is 2.51. The third-order valence-corrected chi connectivity index (χ3v) is 5.75. The Bertz CT molecular complexity index is 828. The van der Waals surface area contributed by atoms with E-state index in [0.717, 1.165) is 6.92 Å². The van der Waals surface area contributed by atoms with Gasteiger partial charge in [-0.25, -0.2) is 0 Å². The van der Waals surface area contributed by atoms with Crippen LogP contribution in [0, 0.1) is 0 Å². The first-order valence-corrected chi connectivity index (χ1v) is 10.7. The lowest BCUT2D eigenvalue weighted by Gasteiger charge is -2.47. The van der Waals surface area contributed by atoms with Crippen molar-refractivity contribution in [1.82, 2.24) is 10.6 Å². The number of carbonyl (C=O) groups excluding carboxylic acids is 2. The summed E-state index contributed by atoms with van der Waals surface area (Å²) in [5.74, 6) is -1.18. The number of hydrogen-bond acceptors (Lipinski definition) is 11. The van der Waals surface area contributed by atoms with E-state index in [2.05, 4.69) is 10.6 Å². The van der Waals surface area contributed by atoms with Gasteiger partial charge in [-0.1, -0.05) is 18.2 Å². The van der Waals surface area contributed by atoms with Crippen LogP contribution in [0.15, 0.2) is 30.3 Å². The average molecular weight is 486 g/mol. The summed E-state index contributed by atoms with van der Waals surface area (Å²) in [6, 6.07) is 5.37. The van der Waals surface area contributed by atoms with E-state index in [-0.39, 0.29) is 5.56 Å². The van der Waals surface area contributed by atoms with Gasteiger partial charge in [-0.15, -0.1) is 0 Å². The highest BCUT2D eigenvalue weighted by atomic mass is 16.7. The standard InChI is InChI=1S/C21H30N2O11/c1-9(26)22-14-16(28)18(12(8-25)32-20(14)31)34-21-17(29)13(15(27)11(7-24)33-21)23-19(30)10-5-3-2-4-6-10/h2-6,11-18,20-21,24-25,27-29,31H,7-8H2,1H3,(H,22,26)(H,23,30)/t11-,12-,13+,14-,15+,16-,17-,18-,20?,21+/m1/s1. The molecule has 10 atom stereocenters. The Morgan fingerprint density at radius 1 is 0.882 bits per heavy atom. The summed E-state index contributed by atoms with van der Waals surface area (Å²) < 4.78 is 16.4. The Morgan fingerprint density at radius 3 is 2.12 bits per heavy atom. The van der Waals surface area contributed by atoms with E-state index >= 15 is 0 Å². The molecule has 13 nitrogen and oxygen atoms in total. The number of amides is 2. The Morgan fingerprint density at radius 2 is 1.53 bits per heavy atom. The van der Waals surface area contributed by atoms with Gasteiger partial charge in [0.2, 0.25) is 5.91 Å². The number of aliphatic hydroxyl groups excluding tert-OH is 6. The molecule has 1 unspecified atom stereocenters. The quantitative estimate of drug-likeness (QED) is 0.187.